The fourth-order valence-electron chi connectivity index (χ4n) is 1.56. The summed E-state index contributed by atoms with van der Waals surface area (Å²) < 4.78 is 18.1. The Morgan fingerprint density at radius 3 is 3.00 bits per heavy atom. The summed E-state index contributed by atoms with van der Waals surface area (Å²) in [6, 6.07) is 0. The van der Waals surface area contributed by atoms with Crippen molar-refractivity contribution in [3.63, 3.8) is 0 Å². The number of halogens is 1. The van der Waals surface area contributed by atoms with Crippen LogP contribution in [0, 0.1) is 0 Å². The highest BCUT2D eigenvalue weighted by Gasteiger charge is 2.15. The Kier molecular flexibility index (Phi) is 4.54. The Labute approximate surface area is 73.3 Å². The maximum atomic E-state index is 12.6. The quantitative estimate of drug-likeness (QED) is 0.689. The number of rotatable bonds is 5. The van der Waals surface area contributed by atoms with E-state index >= 15 is 0 Å². The minimum atomic E-state index is -0.814. The third kappa shape index (κ3) is 3.50. The van der Waals surface area contributed by atoms with Gasteiger partial charge in [-0.15, -0.1) is 0 Å². The molecule has 0 spiro atoms. The Hall–Kier alpha value is -0.150. The van der Waals surface area contributed by atoms with E-state index in [1.54, 1.807) is 0 Å². The Balaban J connectivity index is 1.94. The van der Waals surface area contributed by atoms with Crippen molar-refractivity contribution in [2.75, 3.05) is 13.2 Å². The summed E-state index contributed by atoms with van der Waals surface area (Å²) in [5.41, 5.74) is 5.16. The molecule has 0 aromatic rings. The Morgan fingerprint density at radius 2 is 2.42 bits per heavy atom. The lowest BCUT2D eigenvalue weighted by Crippen LogP contribution is -2.15. The molecule has 0 bridgehead atoms. The zero-order valence-electron chi connectivity index (χ0n) is 7.47. The zero-order valence-corrected chi connectivity index (χ0v) is 7.47. The molecule has 1 saturated heterocycles. The first-order valence-electron chi connectivity index (χ1n) is 4.78. The molecule has 0 amide bonds. The summed E-state index contributed by atoms with van der Waals surface area (Å²) in [4.78, 5) is 0. The highest BCUT2D eigenvalue weighted by Crippen LogP contribution is 2.18. The van der Waals surface area contributed by atoms with Crippen LogP contribution >= 0.6 is 0 Å². The molecule has 12 heavy (non-hydrogen) atoms. The van der Waals surface area contributed by atoms with Crippen LogP contribution in [0.5, 0.6) is 0 Å². The number of nitrogens with two attached hydrogens (primary N) is 1. The smallest absolute Gasteiger partial charge is 0.112 e. The second-order valence-corrected chi connectivity index (χ2v) is 3.40. The molecule has 2 nitrogen and oxygen atoms in total. The third-order valence-corrected chi connectivity index (χ3v) is 2.32. The van der Waals surface area contributed by atoms with Crippen LogP contribution in [0.15, 0.2) is 0 Å². The summed E-state index contributed by atoms with van der Waals surface area (Å²) in [6.07, 6.45) is 4.40. The molecule has 0 aromatic heterocycles. The van der Waals surface area contributed by atoms with Gasteiger partial charge in [0, 0.05) is 13.2 Å². The van der Waals surface area contributed by atoms with Gasteiger partial charge in [-0.2, -0.15) is 0 Å². The van der Waals surface area contributed by atoms with Gasteiger partial charge in [0.2, 0.25) is 0 Å². The summed E-state index contributed by atoms with van der Waals surface area (Å²) in [7, 11) is 0. The first-order valence-corrected chi connectivity index (χ1v) is 4.78. The van der Waals surface area contributed by atoms with Gasteiger partial charge in [0.15, 0.2) is 0 Å². The van der Waals surface area contributed by atoms with Crippen LogP contribution in [0.4, 0.5) is 4.39 Å². The fourth-order valence-corrected chi connectivity index (χ4v) is 1.56. The highest BCUT2D eigenvalue weighted by atomic mass is 19.1. The number of alkyl halides is 1. The molecular formula is C9H18FNO. The topological polar surface area (TPSA) is 35.2 Å². The molecule has 1 rings (SSSR count). The monoisotopic (exact) mass is 175 g/mol. The number of hydrogen-bond acceptors (Lipinski definition) is 2. The first-order chi connectivity index (χ1) is 5.83. The predicted octanol–water partition coefficient (Wildman–Crippen LogP) is 1.63. The fraction of sp³-hybridized carbons (Fsp3) is 1.00. The molecule has 1 aliphatic heterocycles. The lowest BCUT2D eigenvalue weighted by molar-refractivity contribution is 0.0999. The standard InChI is InChI=1S/C9H18FNO/c10-8(7-11)3-1-4-9-5-2-6-12-9/h8-9H,1-7,11H2. The summed E-state index contributed by atoms with van der Waals surface area (Å²) >= 11 is 0. The van der Waals surface area contributed by atoms with E-state index in [9.17, 15) is 4.39 Å². The van der Waals surface area contributed by atoms with E-state index in [0.717, 1.165) is 25.9 Å². The lowest BCUT2D eigenvalue weighted by Gasteiger charge is -2.09. The highest BCUT2D eigenvalue weighted by molar-refractivity contribution is 4.66. The molecule has 0 aromatic carbocycles. The van der Waals surface area contributed by atoms with Gasteiger partial charge in [0.1, 0.15) is 6.17 Å². The minimum Gasteiger partial charge on any atom is -0.378 e. The van der Waals surface area contributed by atoms with E-state index < -0.39 is 6.17 Å². The second-order valence-electron chi connectivity index (χ2n) is 3.40. The van der Waals surface area contributed by atoms with Crippen molar-refractivity contribution >= 4 is 0 Å². The van der Waals surface area contributed by atoms with Crippen molar-refractivity contribution in [2.45, 2.75) is 44.4 Å². The Bertz CT molecular complexity index is 115. The summed E-state index contributed by atoms with van der Waals surface area (Å²) in [6.45, 7) is 1.05. The van der Waals surface area contributed by atoms with Crippen molar-refractivity contribution in [1.29, 1.82) is 0 Å². The normalized spacial score (nSPS) is 26.0. The molecule has 0 aliphatic carbocycles. The average molecular weight is 175 g/mol. The molecule has 0 radical (unpaired) electrons. The van der Waals surface area contributed by atoms with E-state index in [1.807, 2.05) is 0 Å². The van der Waals surface area contributed by atoms with Gasteiger partial charge in [-0.25, -0.2) is 4.39 Å². The van der Waals surface area contributed by atoms with Crippen LogP contribution in [-0.2, 0) is 4.74 Å². The molecule has 2 atom stereocenters. The van der Waals surface area contributed by atoms with E-state index in [1.165, 1.54) is 6.42 Å². The molecule has 1 fully saturated rings. The maximum absolute atomic E-state index is 12.6. The summed E-state index contributed by atoms with van der Waals surface area (Å²) in [5, 5.41) is 0. The molecule has 1 heterocycles. The van der Waals surface area contributed by atoms with Gasteiger partial charge in [-0.3, -0.25) is 0 Å². The van der Waals surface area contributed by atoms with Gasteiger partial charge in [-0.1, -0.05) is 0 Å². The molecule has 2 N–H and O–H groups in total. The van der Waals surface area contributed by atoms with Crippen molar-refractivity contribution in [3.05, 3.63) is 0 Å². The molecular weight excluding hydrogens is 157 g/mol. The van der Waals surface area contributed by atoms with Gasteiger partial charge in [0.25, 0.3) is 0 Å². The lowest BCUT2D eigenvalue weighted by atomic mass is 10.1. The van der Waals surface area contributed by atoms with E-state index in [0.29, 0.717) is 12.5 Å². The molecule has 0 saturated carbocycles. The predicted molar refractivity (Wildman–Crippen MR) is 46.8 cm³/mol. The van der Waals surface area contributed by atoms with E-state index in [-0.39, 0.29) is 6.54 Å². The van der Waals surface area contributed by atoms with Crippen molar-refractivity contribution in [1.82, 2.24) is 0 Å². The second kappa shape index (κ2) is 5.49. The van der Waals surface area contributed by atoms with Crippen LogP contribution in [0.2, 0.25) is 0 Å². The van der Waals surface area contributed by atoms with Crippen LogP contribution in [-0.4, -0.2) is 25.4 Å². The largest absolute Gasteiger partial charge is 0.378 e. The maximum Gasteiger partial charge on any atom is 0.112 e. The number of ether oxygens (including phenoxy) is 1. The van der Waals surface area contributed by atoms with E-state index in [2.05, 4.69) is 0 Å². The molecule has 2 unspecified atom stereocenters. The molecule has 3 heteroatoms. The SMILES string of the molecule is NCC(F)CCCC1CCCO1. The van der Waals surface area contributed by atoms with Crippen molar-refractivity contribution in [2.24, 2.45) is 5.73 Å². The molecule has 1 aliphatic rings. The van der Waals surface area contributed by atoms with Crippen LogP contribution in [0.3, 0.4) is 0 Å². The van der Waals surface area contributed by atoms with Gasteiger partial charge >= 0.3 is 0 Å². The Morgan fingerprint density at radius 1 is 1.58 bits per heavy atom. The van der Waals surface area contributed by atoms with Gasteiger partial charge < -0.3 is 10.5 Å². The van der Waals surface area contributed by atoms with Crippen LogP contribution in [0.1, 0.15) is 32.1 Å². The van der Waals surface area contributed by atoms with Crippen molar-refractivity contribution < 1.29 is 9.13 Å². The third-order valence-electron chi connectivity index (χ3n) is 2.32. The van der Waals surface area contributed by atoms with Gasteiger partial charge in [-0.05, 0) is 32.1 Å². The number of hydrogen-bond donors (Lipinski definition) is 1. The first kappa shape index (κ1) is 9.93. The van der Waals surface area contributed by atoms with E-state index in [4.69, 9.17) is 10.5 Å². The minimum absolute atomic E-state index is 0.158. The molecule has 72 valence electrons. The van der Waals surface area contributed by atoms with Gasteiger partial charge in [0.05, 0.1) is 6.10 Å². The van der Waals surface area contributed by atoms with Crippen molar-refractivity contribution in [3.8, 4) is 0 Å². The average Bonchev–Trinajstić information content (AvgIpc) is 2.57. The zero-order chi connectivity index (χ0) is 8.81. The van der Waals surface area contributed by atoms with Crippen LogP contribution in [0.25, 0.3) is 0 Å². The van der Waals surface area contributed by atoms with Crippen LogP contribution < -0.4 is 5.73 Å². The summed E-state index contributed by atoms with van der Waals surface area (Å²) in [5.74, 6) is 0.